The second kappa shape index (κ2) is 6.08. The van der Waals surface area contributed by atoms with Gasteiger partial charge in [-0.3, -0.25) is 0 Å². The first-order valence-corrected chi connectivity index (χ1v) is 7.59. The predicted molar refractivity (Wildman–Crippen MR) is 81.3 cm³/mol. The molecule has 2 aromatic carbocycles. The van der Waals surface area contributed by atoms with Crippen LogP contribution in [0.3, 0.4) is 0 Å². The van der Waals surface area contributed by atoms with E-state index in [1.807, 2.05) is 0 Å². The van der Waals surface area contributed by atoms with Crippen molar-refractivity contribution in [2.24, 2.45) is 0 Å². The summed E-state index contributed by atoms with van der Waals surface area (Å²) in [5, 5.41) is 0.870. The summed E-state index contributed by atoms with van der Waals surface area (Å²) < 4.78 is 27.5. The first-order chi connectivity index (χ1) is 8.88. The first kappa shape index (κ1) is 15.2. The average molecular weight is 431 g/mol. The number of rotatable bonds is 2. The van der Waals surface area contributed by atoms with Gasteiger partial charge in [-0.15, -0.1) is 0 Å². The van der Waals surface area contributed by atoms with Gasteiger partial charge in [-0.2, -0.15) is 0 Å². The molecule has 0 bridgehead atoms. The van der Waals surface area contributed by atoms with Crippen molar-refractivity contribution < 1.29 is 8.78 Å². The smallest absolute Gasteiger partial charge is 0.137 e. The third-order valence-electron chi connectivity index (χ3n) is 2.49. The molecule has 1 atom stereocenters. The van der Waals surface area contributed by atoms with Crippen LogP contribution in [0.25, 0.3) is 0 Å². The normalized spacial score (nSPS) is 12.5. The van der Waals surface area contributed by atoms with Crippen molar-refractivity contribution >= 4 is 55.1 Å². The Kier molecular flexibility index (Phi) is 4.88. The third kappa shape index (κ3) is 3.48. The summed E-state index contributed by atoms with van der Waals surface area (Å²) in [6.07, 6.45) is 0. The van der Waals surface area contributed by atoms with Gasteiger partial charge in [0.2, 0.25) is 0 Å². The maximum Gasteiger partial charge on any atom is 0.137 e. The highest BCUT2D eigenvalue weighted by molar-refractivity contribution is 9.10. The first-order valence-electron chi connectivity index (χ1n) is 5.13. The van der Waals surface area contributed by atoms with E-state index in [0.29, 0.717) is 15.6 Å². The summed E-state index contributed by atoms with van der Waals surface area (Å²) in [6, 6.07) is 7.09. The topological polar surface area (TPSA) is 0 Å². The van der Waals surface area contributed by atoms with Gasteiger partial charge in [0.15, 0.2) is 0 Å². The molecule has 0 saturated heterocycles. The number of halogens is 6. The summed E-state index contributed by atoms with van der Waals surface area (Å²) in [6.45, 7) is 0. The Hall–Kier alpha value is -0.160. The van der Waals surface area contributed by atoms with Gasteiger partial charge in [-0.05, 0) is 51.8 Å². The summed E-state index contributed by atoms with van der Waals surface area (Å²) in [4.78, 5) is -0.536. The molecule has 0 N–H and O–H groups in total. The van der Waals surface area contributed by atoms with Crippen LogP contribution in [0.5, 0.6) is 0 Å². The predicted octanol–water partition coefficient (Wildman–Crippen LogP) is 6.52. The van der Waals surface area contributed by atoms with E-state index in [1.165, 1.54) is 0 Å². The van der Waals surface area contributed by atoms with Crippen molar-refractivity contribution in [1.29, 1.82) is 0 Å². The van der Waals surface area contributed by atoms with Crippen molar-refractivity contribution in [1.82, 2.24) is 0 Å². The van der Waals surface area contributed by atoms with E-state index in [0.717, 1.165) is 12.1 Å². The van der Waals surface area contributed by atoms with E-state index in [-0.39, 0.29) is 10.0 Å². The van der Waals surface area contributed by atoms with Crippen LogP contribution < -0.4 is 0 Å². The molecule has 2 rings (SSSR count). The Morgan fingerprint density at radius 3 is 2.05 bits per heavy atom. The van der Waals surface area contributed by atoms with Crippen molar-refractivity contribution in [2.45, 2.75) is 4.83 Å². The molecule has 0 amide bonds. The molecule has 0 heterocycles. The zero-order valence-electron chi connectivity index (χ0n) is 9.23. The molecule has 0 aromatic heterocycles. The lowest BCUT2D eigenvalue weighted by atomic mass is 10.0. The van der Waals surface area contributed by atoms with Crippen LogP contribution >= 0.6 is 55.1 Å². The van der Waals surface area contributed by atoms with Crippen LogP contribution in [0.1, 0.15) is 16.0 Å². The molecule has 2 aromatic rings. The minimum Gasteiger partial charge on any atom is -0.207 e. The van der Waals surface area contributed by atoms with Crippen LogP contribution in [0, 0.1) is 11.6 Å². The highest BCUT2D eigenvalue weighted by Crippen LogP contribution is 2.36. The molecule has 19 heavy (non-hydrogen) atoms. The van der Waals surface area contributed by atoms with Gasteiger partial charge in [0, 0.05) is 15.6 Å². The Labute approximate surface area is 136 Å². The zero-order chi connectivity index (χ0) is 14.2. The largest absolute Gasteiger partial charge is 0.207 e. The molecular weight excluding hydrogens is 425 g/mol. The number of benzene rings is 2. The molecule has 0 aliphatic carbocycles. The fraction of sp³-hybridized carbons (Fsp3) is 0.0769. The number of hydrogen-bond donors (Lipinski definition) is 0. The van der Waals surface area contributed by atoms with Gasteiger partial charge in [-0.25, -0.2) is 8.78 Å². The standard InChI is InChI=1S/C13H6Br2Cl2F2/c14-10-5-11(18)9(4-12(10)19)13(15)6-1-7(16)3-8(17)2-6/h1-5,13H. The third-order valence-corrected chi connectivity index (χ3v) is 4.56. The second-order valence-electron chi connectivity index (χ2n) is 3.85. The lowest BCUT2D eigenvalue weighted by molar-refractivity contribution is 0.583. The Morgan fingerprint density at radius 1 is 0.895 bits per heavy atom. The molecule has 100 valence electrons. The van der Waals surface area contributed by atoms with E-state index in [2.05, 4.69) is 31.9 Å². The van der Waals surface area contributed by atoms with Gasteiger partial charge in [0.1, 0.15) is 11.6 Å². The maximum atomic E-state index is 13.9. The Morgan fingerprint density at radius 2 is 1.47 bits per heavy atom. The van der Waals surface area contributed by atoms with E-state index < -0.39 is 16.5 Å². The molecule has 0 radical (unpaired) electrons. The van der Waals surface area contributed by atoms with Crippen LogP contribution in [-0.2, 0) is 0 Å². The molecular formula is C13H6Br2Cl2F2. The molecule has 0 spiro atoms. The molecule has 0 aliphatic heterocycles. The molecule has 6 heteroatoms. The van der Waals surface area contributed by atoms with Crippen LogP contribution in [-0.4, -0.2) is 0 Å². The highest BCUT2D eigenvalue weighted by Gasteiger charge is 2.18. The Bertz CT molecular complexity index is 612. The van der Waals surface area contributed by atoms with Crippen molar-refractivity contribution in [3.63, 3.8) is 0 Å². The van der Waals surface area contributed by atoms with Crippen molar-refractivity contribution in [3.8, 4) is 0 Å². The second-order valence-corrected chi connectivity index (χ2v) is 6.50. The lowest BCUT2D eigenvalue weighted by Crippen LogP contribution is -1.98. The van der Waals surface area contributed by atoms with Gasteiger partial charge >= 0.3 is 0 Å². The minimum atomic E-state index is -0.536. The maximum absolute atomic E-state index is 13.9. The molecule has 0 aliphatic rings. The quantitative estimate of drug-likeness (QED) is 0.376. The van der Waals surface area contributed by atoms with Gasteiger partial charge in [0.25, 0.3) is 0 Å². The summed E-state index contributed by atoms with van der Waals surface area (Å²) >= 11 is 18.1. The fourth-order valence-corrected chi connectivity index (χ4v) is 3.11. The van der Waals surface area contributed by atoms with E-state index in [4.69, 9.17) is 23.2 Å². The van der Waals surface area contributed by atoms with Crippen molar-refractivity contribution in [2.75, 3.05) is 0 Å². The van der Waals surface area contributed by atoms with Crippen LogP contribution in [0.2, 0.25) is 10.0 Å². The van der Waals surface area contributed by atoms with Crippen LogP contribution in [0.15, 0.2) is 34.8 Å². The summed E-state index contributed by atoms with van der Waals surface area (Å²) in [5.41, 5.74) is 0.831. The number of alkyl halides is 1. The van der Waals surface area contributed by atoms with E-state index >= 15 is 0 Å². The summed E-state index contributed by atoms with van der Waals surface area (Å²) in [7, 11) is 0. The fourth-order valence-electron chi connectivity index (χ4n) is 1.63. The molecule has 0 saturated carbocycles. The Balaban J connectivity index is 2.49. The van der Waals surface area contributed by atoms with Gasteiger partial charge in [0.05, 0.1) is 9.30 Å². The minimum absolute atomic E-state index is 0.0811. The highest BCUT2D eigenvalue weighted by atomic mass is 79.9. The van der Waals surface area contributed by atoms with Gasteiger partial charge < -0.3 is 0 Å². The van der Waals surface area contributed by atoms with Gasteiger partial charge in [-0.1, -0.05) is 39.1 Å². The molecule has 0 nitrogen and oxygen atoms in total. The summed E-state index contributed by atoms with van der Waals surface area (Å²) in [5.74, 6) is -1.06. The average Bonchev–Trinajstić information content (AvgIpc) is 2.31. The monoisotopic (exact) mass is 428 g/mol. The SMILES string of the molecule is Fc1cc(C(Br)c2cc(Cl)cc(Cl)c2)c(F)cc1Br. The molecule has 0 fully saturated rings. The van der Waals surface area contributed by atoms with E-state index in [9.17, 15) is 8.78 Å². The van der Waals surface area contributed by atoms with Crippen LogP contribution in [0.4, 0.5) is 8.78 Å². The molecule has 1 unspecified atom stereocenters. The van der Waals surface area contributed by atoms with E-state index in [1.54, 1.807) is 18.2 Å². The van der Waals surface area contributed by atoms with Crippen molar-refractivity contribution in [3.05, 3.63) is 67.6 Å². The number of hydrogen-bond acceptors (Lipinski definition) is 0. The zero-order valence-corrected chi connectivity index (χ0v) is 13.9. The lowest BCUT2D eigenvalue weighted by Gasteiger charge is -2.13.